The Morgan fingerprint density at radius 3 is 2.36 bits per heavy atom. The number of nitrogens with zero attached hydrogens (tertiary/aromatic N) is 1. The largest absolute Gasteiger partial charge is 0.378 e. The second-order valence-corrected chi connectivity index (χ2v) is 10.7. The summed E-state index contributed by atoms with van der Waals surface area (Å²) in [4.78, 5) is 37.7. The van der Waals surface area contributed by atoms with Crippen LogP contribution >= 0.6 is 23.4 Å². The summed E-state index contributed by atoms with van der Waals surface area (Å²) in [5.41, 5.74) is 1.49. The Labute approximate surface area is 217 Å². The summed E-state index contributed by atoms with van der Waals surface area (Å²) >= 11 is 6.65. The second kappa shape index (κ2) is 10.6. The van der Waals surface area contributed by atoms with E-state index in [1.54, 1.807) is 42.5 Å². The SMILES string of the molecule is CC(=O)Nc1ccc(S(=O)(=O)Oc2ccccc2/C=C2\SC(=O)N(Cc3ccc(Cl)cc3)C2=O)cc1. The maximum Gasteiger partial charge on any atom is 0.339 e. The number of imide groups is 1. The molecule has 1 N–H and O–H groups in total. The van der Waals surface area contributed by atoms with Gasteiger partial charge < -0.3 is 9.50 Å². The Morgan fingerprint density at radius 2 is 1.69 bits per heavy atom. The number of hydrogen-bond acceptors (Lipinski definition) is 7. The molecule has 184 valence electrons. The van der Waals surface area contributed by atoms with Crippen molar-refractivity contribution in [3.63, 3.8) is 0 Å². The Balaban J connectivity index is 1.55. The average Bonchev–Trinajstić information content (AvgIpc) is 3.09. The quantitative estimate of drug-likeness (QED) is 0.318. The number of benzene rings is 3. The molecular weight excluding hydrogens is 524 g/mol. The van der Waals surface area contributed by atoms with Crippen LogP contribution < -0.4 is 9.50 Å². The van der Waals surface area contributed by atoms with E-state index >= 15 is 0 Å². The minimum atomic E-state index is -4.22. The van der Waals surface area contributed by atoms with Crippen molar-refractivity contribution in [2.45, 2.75) is 18.4 Å². The molecule has 8 nitrogen and oxygen atoms in total. The van der Waals surface area contributed by atoms with E-state index < -0.39 is 21.3 Å². The molecule has 4 rings (SSSR count). The number of amides is 3. The van der Waals surface area contributed by atoms with Gasteiger partial charge in [-0.3, -0.25) is 19.3 Å². The van der Waals surface area contributed by atoms with Crippen LogP contribution in [0.5, 0.6) is 5.75 Å². The van der Waals surface area contributed by atoms with Gasteiger partial charge >= 0.3 is 10.1 Å². The van der Waals surface area contributed by atoms with E-state index in [1.807, 2.05) is 0 Å². The molecule has 1 fully saturated rings. The highest BCUT2D eigenvalue weighted by Gasteiger charge is 2.35. The van der Waals surface area contributed by atoms with Gasteiger partial charge in [0.2, 0.25) is 5.91 Å². The molecule has 0 atom stereocenters. The van der Waals surface area contributed by atoms with E-state index in [4.69, 9.17) is 15.8 Å². The first-order valence-corrected chi connectivity index (χ1v) is 13.1. The van der Waals surface area contributed by atoms with Crippen LogP contribution in [0.3, 0.4) is 0 Å². The van der Waals surface area contributed by atoms with Crippen LogP contribution in [0.15, 0.2) is 82.6 Å². The zero-order chi connectivity index (χ0) is 25.9. The molecule has 3 aromatic rings. The van der Waals surface area contributed by atoms with Crippen LogP contribution in [-0.2, 0) is 26.3 Å². The van der Waals surface area contributed by atoms with Crippen molar-refractivity contribution in [3.05, 3.63) is 93.9 Å². The topological polar surface area (TPSA) is 110 Å². The van der Waals surface area contributed by atoms with Gasteiger partial charge in [0, 0.05) is 23.2 Å². The Hall–Kier alpha value is -3.60. The standard InChI is InChI=1S/C25H19ClN2O6S2/c1-16(29)27-20-10-12-21(13-11-20)36(32,33)34-22-5-3-2-4-18(22)14-23-24(30)28(25(31)35-23)15-17-6-8-19(26)9-7-17/h2-14H,15H2,1H3,(H,27,29)/b23-14-. The minimum absolute atomic E-state index is 0.00654. The molecule has 1 saturated heterocycles. The highest BCUT2D eigenvalue weighted by atomic mass is 35.5. The molecule has 11 heteroatoms. The molecule has 3 aromatic carbocycles. The third kappa shape index (κ3) is 5.96. The van der Waals surface area contributed by atoms with Crippen LogP contribution in [0.4, 0.5) is 10.5 Å². The number of anilines is 1. The number of rotatable bonds is 7. The van der Waals surface area contributed by atoms with Gasteiger partial charge in [0.05, 0.1) is 11.4 Å². The lowest BCUT2D eigenvalue weighted by atomic mass is 10.2. The third-order valence-electron chi connectivity index (χ3n) is 5.00. The molecule has 0 unspecified atom stereocenters. The number of carbonyl (C=O) groups excluding carboxylic acids is 3. The highest BCUT2D eigenvalue weighted by molar-refractivity contribution is 8.18. The number of nitrogens with one attached hydrogen (secondary N) is 1. The lowest BCUT2D eigenvalue weighted by Gasteiger charge is -2.12. The fraction of sp³-hybridized carbons (Fsp3) is 0.0800. The lowest BCUT2D eigenvalue weighted by molar-refractivity contribution is -0.123. The van der Waals surface area contributed by atoms with Gasteiger partial charge in [0.15, 0.2) is 0 Å². The summed E-state index contributed by atoms with van der Waals surface area (Å²) in [6.07, 6.45) is 1.43. The van der Waals surface area contributed by atoms with Crippen molar-refractivity contribution in [1.29, 1.82) is 0 Å². The molecular formula is C25H19ClN2O6S2. The van der Waals surface area contributed by atoms with Crippen LogP contribution in [-0.4, -0.2) is 30.4 Å². The number of hydrogen-bond donors (Lipinski definition) is 1. The molecule has 0 saturated carbocycles. The molecule has 0 bridgehead atoms. The average molecular weight is 543 g/mol. The van der Waals surface area contributed by atoms with E-state index in [1.165, 1.54) is 43.3 Å². The fourth-order valence-electron chi connectivity index (χ4n) is 3.30. The Kier molecular flexibility index (Phi) is 7.48. The van der Waals surface area contributed by atoms with E-state index in [0.29, 0.717) is 16.3 Å². The summed E-state index contributed by atoms with van der Waals surface area (Å²) in [5, 5.41) is 2.66. The maximum atomic E-state index is 12.9. The molecule has 0 aromatic heterocycles. The first kappa shape index (κ1) is 25.5. The molecule has 1 heterocycles. The predicted molar refractivity (Wildman–Crippen MR) is 138 cm³/mol. The summed E-state index contributed by atoms with van der Waals surface area (Å²) < 4.78 is 31.0. The zero-order valence-electron chi connectivity index (χ0n) is 18.8. The van der Waals surface area contributed by atoms with E-state index in [2.05, 4.69) is 5.32 Å². The monoisotopic (exact) mass is 542 g/mol. The third-order valence-corrected chi connectivity index (χ3v) is 7.40. The maximum absolute atomic E-state index is 12.9. The first-order chi connectivity index (χ1) is 17.1. The van der Waals surface area contributed by atoms with Gasteiger partial charge in [-0.1, -0.05) is 41.9 Å². The van der Waals surface area contributed by atoms with Gasteiger partial charge in [-0.05, 0) is 65.9 Å². The van der Waals surface area contributed by atoms with Crippen molar-refractivity contribution >= 4 is 62.3 Å². The normalized spacial score (nSPS) is 14.8. The first-order valence-electron chi connectivity index (χ1n) is 10.5. The van der Waals surface area contributed by atoms with Crippen LogP contribution in [0.25, 0.3) is 6.08 Å². The summed E-state index contributed by atoms with van der Waals surface area (Å²) in [5.74, 6) is -0.785. The van der Waals surface area contributed by atoms with Crippen molar-refractivity contribution in [2.75, 3.05) is 5.32 Å². The van der Waals surface area contributed by atoms with Gasteiger partial charge in [-0.15, -0.1) is 0 Å². The minimum Gasteiger partial charge on any atom is -0.378 e. The highest BCUT2D eigenvalue weighted by Crippen LogP contribution is 2.35. The van der Waals surface area contributed by atoms with Crippen LogP contribution in [0, 0.1) is 0 Å². The summed E-state index contributed by atoms with van der Waals surface area (Å²) in [6, 6.07) is 18.6. The lowest BCUT2D eigenvalue weighted by Crippen LogP contribution is -2.27. The van der Waals surface area contributed by atoms with Gasteiger partial charge in [-0.2, -0.15) is 8.42 Å². The molecule has 0 radical (unpaired) electrons. The molecule has 0 aliphatic carbocycles. The molecule has 1 aliphatic heterocycles. The number of carbonyl (C=O) groups is 3. The predicted octanol–water partition coefficient (Wildman–Crippen LogP) is 5.30. The Morgan fingerprint density at radius 1 is 1.03 bits per heavy atom. The summed E-state index contributed by atoms with van der Waals surface area (Å²) in [6.45, 7) is 1.43. The van der Waals surface area contributed by atoms with Gasteiger partial charge in [0.1, 0.15) is 10.6 Å². The molecule has 1 aliphatic rings. The smallest absolute Gasteiger partial charge is 0.339 e. The Bertz CT molecular complexity index is 1470. The molecule has 0 spiro atoms. The van der Waals surface area contributed by atoms with Crippen molar-refractivity contribution < 1.29 is 27.0 Å². The number of para-hydroxylation sites is 1. The van der Waals surface area contributed by atoms with Crippen molar-refractivity contribution in [2.24, 2.45) is 0 Å². The number of halogens is 1. The van der Waals surface area contributed by atoms with E-state index in [0.717, 1.165) is 22.2 Å². The van der Waals surface area contributed by atoms with E-state index in [-0.39, 0.29) is 28.0 Å². The van der Waals surface area contributed by atoms with E-state index in [9.17, 15) is 22.8 Å². The van der Waals surface area contributed by atoms with Gasteiger partial charge in [0.25, 0.3) is 11.1 Å². The second-order valence-electron chi connectivity index (χ2n) is 7.68. The van der Waals surface area contributed by atoms with Crippen LogP contribution in [0.2, 0.25) is 5.02 Å². The van der Waals surface area contributed by atoms with Crippen molar-refractivity contribution in [3.8, 4) is 5.75 Å². The number of thioether (sulfide) groups is 1. The molecule has 3 amide bonds. The fourth-order valence-corrected chi connectivity index (χ4v) is 5.21. The molecule has 36 heavy (non-hydrogen) atoms. The zero-order valence-corrected chi connectivity index (χ0v) is 21.2. The van der Waals surface area contributed by atoms with Gasteiger partial charge in [-0.25, -0.2) is 0 Å². The van der Waals surface area contributed by atoms with Crippen molar-refractivity contribution in [1.82, 2.24) is 4.90 Å². The van der Waals surface area contributed by atoms with Crippen LogP contribution in [0.1, 0.15) is 18.1 Å². The summed E-state index contributed by atoms with van der Waals surface area (Å²) in [7, 11) is -4.22.